The summed E-state index contributed by atoms with van der Waals surface area (Å²) >= 11 is 0. The Morgan fingerprint density at radius 3 is 1.59 bits per heavy atom. The number of unbranched alkanes of at least 4 members (excludes halogenated alkanes) is 12. The van der Waals surface area contributed by atoms with Crippen LogP contribution in [0.2, 0.25) is 0 Å². The highest BCUT2D eigenvalue weighted by atomic mass is 16.7. The third-order valence-corrected chi connectivity index (χ3v) is 10.5. The van der Waals surface area contributed by atoms with Gasteiger partial charge in [-0.1, -0.05) is 84.0 Å². The molecule has 0 amide bonds. The molecule has 3 rings (SSSR count). The predicted octanol–water partition coefficient (Wildman–Crippen LogP) is -2.25. The molecule has 3 heterocycles. The van der Waals surface area contributed by atoms with Crippen LogP contribution >= 0.6 is 0 Å². The molecule has 2 unspecified atom stereocenters. The SMILES string of the molecule is CCCCCCCCCCCCCCCC(=O)[C@]1(CO)O[C@H](OC2[C@@H](CO)O[C@@H](OC3[C@@H](CO)O[C@@H](O)[C@H](N)[C@H]3O)[C@H](N)[C@H]2O)[C@H](N)[C@@H](O)[C@@H]1O. The zero-order chi connectivity index (χ0) is 37.7. The number of aliphatic hydroxyl groups is 8. The molecule has 3 fully saturated rings. The van der Waals surface area contributed by atoms with E-state index < -0.39 is 117 Å². The number of aliphatic hydroxyl groups excluding tert-OH is 8. The van der Waals surface area contributed by atoms with E-state index >= 15 is 0 Å². The summed E-state index contributed by atoms with van der Waals surface area (Å²) in [4.78, 5) is 13.5. The van der Waals surface area contributed by atoms with Crippen LogP contribution in [0.25, 0.3) is 0 Å². The first kappa shape index (κ1) is 44.4. The van der Waals surface area contributed by atoms with Crippen molar-refractivity contribution in [1.29, 1.82) is 0 Å². The van der Waals surface area contributed by atoms with Crippen molar-refractivity contribution < 1.29 is 69.3 Å². The van der Waals surface area contributed by atoms with Gasteiger partial charge in [0.05, 0.1) is 37.9 Å². The first-order chi connectivity index (χ1) is 24.4. The van der Waals surface area contributed by atoms with Gasteiger partial charge in [0.1, 0.15) is 48.8 Å². The molecule has 0 aromatic carbocycles. The maximum atomic E-state index is 13.5. The van der Waals surface area contributed by atoms with Crippen LogP contribution in [0.5, 0.6) is 0 Å². The minimum absolute atomic E-state index is 0.0470. The van der Waals surface area contributed by atoms with Crippen LogP contribution in [0.15, 0.2) is 0 Å². The molecule has 0 spiro atoms. The number of carbonyl (C=O) groups is 1. The van der Waals surface area contributed by atoms with Crippen molar-refractivity contribution in [2.45, 2.75) is 188 Å². The molecule has 3 saturated heterocycles. The Bertz CT molecular complexity index is 1000. The van der Waals surface area contributed by atoms with Gasteiger partial charge < -0.3 is 81.7 Å². The Kier molecular flexibility index (Phi) is 19.0. The zero-order valence-electron chi connectivity index (χ0n) is 29.9. The van der Waals surface area contributed by atoms with Gasteiger partial charge in [-0.2, -0.15) is 0 Å². The highest BCUT2D eigenvalue weighted by molar-refractivity contribution is 5.88. The summed E-state index contributed by atoms with van der Waals surface area (Å²) in [6, 6.07) is -4.19. The van der Waals surface area contributed by atoms with Gasteiger partial charge >= 0.3 is 0 Å². The van der Waals surface area contributed by atoms with Gasteiger partial charge in [-0.3, -0.25) is 4.79 Å². The number of hydrogen-bond acceptors (Lipinski definition) is 17. The topological polar surface area (TPSA) is 303 Å². The quantitative estimate of drug-likeness (QED) is 0.0523. The van der Waals surface area contributed by atoms with Crippen molar-refractivity contribution in [2.75, 3.05) is 19.8 Å². The summed E-state index contributed by atoms with van der Waals surface area (Å²) in [6.07, 6.45) is -2.74. The third kappa shape index (κ3) is 11.3. The second-order valence-electron chi connectivity index (χ2n) is 14.3. The van der Waals surface area contributed by atoms with Crippen LogP contribution in [0.4, 0.5) is 0 Å². The second kappa shape index (κ2) is 21.8. The summed E-state index contributed by atoms with van der Waals surface area (Å²) in [7, 11) is 0. The van der Waals surface area contributed by atoms with Crippen LogP contribution in [0, 0.1) is 0 Å². The highest BCUT2D eigenvalue weighted by Crippen LogP contribution is 2.35. The van der Waals surface area contributed by atoms with Crippen molar-refractivity contribution in [2.24, 2.45) is 17.2 Å². The van der Waals surface area contributed by atoms with E-state index in [0.29, 0.717) is 6.42 Å². The van der Waals surface area contributed by atoms with Crippen LogP contribution in [0.1, 0.15) is 96.8 Å². The Hall–Kier alpha value is -0.970. The largest absolute Gasteiger partial charge is 0.394 e. The van der Waals surface area contributed by atoms with Gasteiger partial charge in [0, 0.05) is 6.42 Å². The molecule has 3 aliphatic rings. The van der Waals surface area contributed by atoms with Crippen molar-refractivity contribution in [1.82, 2.24) is 0 Å². The summed E-state index contributed by atoms with van der Waals surface area (Å²) < 4.78 is 28.4. The minimum Gasteiger partial charge on any atom is -0.394 e. The summed E-state index contributed by atoms with van der Waals surface area (Å²) in [5, 5.41) is 83.7. The lowest BCUT2D eigenvalue weighted by atomic mass is 9.81. The van der Waals surface area contributed by atoms with Gasteiger partial charge in [0.2, 0.25) is 0 Å². The van der Waals surface area contributed by atoms with Crippen LogP contribution in [0.3, 0.4) is 0 Å². The molecule has 17 heteroatoms. The van der Waals surface area contributed by atoms with Gasteiger partial charge in [0.15, 0.2) is 30.3 Å². The summed E-state index contributed by atoms with van der Waals surface area (Å²) in [5.41, 5.74) is 15.8. The number of rotatable bonds is 22. The second-order valence-corrected chi connectivity index (χ2v) is 14.3. The molecule has 17 nitrogen and oxygen atoms in total. The predicted molar refractivity (Wildman–Crippen MR) is 181 cm³/mol. The fraction of sp³-hybridized carbons (Fsp3) is 0.971. The lowest BCUT2D eigenvalue weighted by Gasteiger charge is -2.50. The number of ether oxygens (including phenoxy) is 5. The lowest BCUT2D eigenvalue weighted by Crippen LogP contribution is -2.73. The molecule has 0 radical (unpaired) electrons. The van der Waals surface area contributed by atoms with Crippen LogP contribution < -0.4 is 17.2 Å². The van der Waals surface area contributed by atoms with Crippen molar-refractivity contribution in [3.8, 4) is 0 Å². The first-order valence-corrected chi connectivity index (χ1v) is 18.7. The van der Waals surface area contributed by atoms with Crippen molar-refractivity contribution in [3.05, 3.63) is 0 Å². The van der Waals surface area contributed by atoms with Gasteiger partial charge in [-0.15, -0.1) is 0 Å². The monoisotopic (exact) mass is 739 g/mol. The van der Waals surface area contributed by atoms with Gasteiger partial charge in [0.25, 0.3) is 0 Å². The summed E-state index contributed by atoms with van der Waals surface area (Å²) in [6.45, 7) is -0.230. The van der Waals surface area contributed by atoms with E-state index in [0.717, 1.165) is 25.7 Å². The number of nitrogens with two attached hydrogens (primary N) is 3. The normalized spacial score (nSPS) is 40.4. The first-order valence-electron chi connectivity index (χ1n) is 18.7. The Labute approximate surface area is 300 Å². The fourth-order valence-electron chi connectivity index (χ4n) is 7.04. The Morgan fingerprint density at radius 2 is 1.08 bits per heavy atom. The van der Waals surface area contributed by atoms with E-state index in [4.69, 9.17) is 40.9 Å². The molecular weight excluding hydrogens is 674 g/mol. The molecule has 0 aliphatic carbocycles. The fourth-order valence-corrected chi connectivity index (χ4v) is 7.04. The average Bonchev–Trinajstić information content (AvgIpc) is 3.13. The Balaban J connectivity index is 1.56. The molecule has 3 aliphatic heterocycles. The summed E-state index contributed by atoms with van der Waals surface area (Å²) in [5.74, 6) is -0.653. The van der Waals surface area contributed by atoms with Gasteiger partial charge in [-0.25, -0.2) is 0 Å². The molecule has 0 aromatic rings. The molecule has 0 bridgehead atoms. The lowest BCUT2D eigenvalue weighted by molar-refractivity contribution is -0.355. The number of hydrogen-bond donors (Lipinski definition) is 11. The van der Waals surface area contributed by atoms with E-state index in [2.05, 4.69) is 6.92 Å². The Morgan fingerprint density at radius 1 is 0.627 bits per heavy atom. The number of ketones is 1. The maximum Gasteiger partial charge on any atom is 0.180 e. The number of Topliss-reactive ketones (excluding diaryl/α,β-unsaturated/α-hetero) is 1. The van der Waals surface area contributed by atoms with E-state index in [9.17, 15) is 45.6 Å². The van der Waals surface area contributed by atoms with E-state index in [1.165, 1.54) is 51.4 Å². The molecule has 51 heavy (non-hydrogen) atoms. The molecular formula is C34H65N3O14. The molecule has 0 aromatic heterocycles. The molecule has 0 saturated carbocycles. The molecule has 15 atom stereocenters. The molecule has 300 valence electrons. The number of carbonyl (C=O) groups excluding carboxylic acids is 1. The van der Waals surface area contributed by atoms with E-state index in [1.54, 1.807) is 0 Å². The standard InChI is InChI=1S/C34H65N3O14/c1-2-3-4-5-6-7-8-9-10-11-12-13-14-15-21(41)34(18-40)30(45)27(44)24(37)33(51-34)50-29-20(17-39)48-32(23(36)26(29)43)49-28-19(16-38)47-31(46)22(35)25(28)42/h19-20,22-33,38-40,42-46H,2-18,35-37H2,1H3/t19-,20-,22-,23-,24-,25-,26-,27-,28?,29?,30+,31-,32+,33+,34+/m1/s1. The van der Waals surface area contributed by atoms with Crippen LogP contribution in [-0.4, -0.2) is 158 Å². The van der Waals surface area contributed by atoms with Crippen molar-refractivity contribution in [3.63, 3.8) is 0 Å². The highest BCUT2D eigenvalue weighted by Gasteiger charge is 2.58. The van der Waals surface area contributed by atoms with Gasteiger partial charge in [-0.05, 0) is 6.42 Å². The smallest absolute Gasteiger partial charge is 0.180 e. The third-order valence-electron chi connectivity index (χ3n) is 10.5. The molecule has 14 N–H and O–H groups in total. The zero-order valence-corrected chi connectivity index (χ0v) is 29.9. The minimum atomic E-state index is -2.28. The average molecular weight is 740 g/mol. The van der Waals surface area contributed by atoms with E-state index in [1.807, 2.05) is 0 Å². The maximum absolute atomic E-state index is 13.5. The van der Waals surface area contributed by atoms with E-state index in [-0.39, 0.29) is 6.42 Å². The van der Waals surface area contributed by atoms with Crippen LogP contribution in [-0.2, 0) is 28.5 Å². The van der Waals surface area contributed by atoms with Crippen molar-refractivity contribution >= 4 is 5.78 Å².